The average Bonchev–Trinajstić information content (AvgIpc) is 3.54. The molecule has 7 nitrogen and oxygen atoms in total. The molecule has 0 spiro atoms. The molecule has 5 rings (SSSR count). The van der Waals surface area contributed by atoms with Crippen molar-refractivity contribution in [2.75, 3.05) is 6.54 Å². The highest BCUT2D eigenvalue weighted by atomic mass is 19.4. The molecule has 0 aromatic heterocycles. The Labute approximate surface area is 272 Å². The molecule has 1 atom stereocenters. The number of urea groups is 1. The van der Waals surface area contributed by atoms with Crippen LogP contribution in [-0.4, -0.2) is 42.2 Å². The second-order valence-corrected chi connectivity index (χ2v) is 11.1. The van der Waals surface area contributed by atoms with Gasteiger partial charge in [0.25, 0.3) is 0 Å². The van der Waals surface area contributed by atoms with Crippen LogP contribution < -0.4 is 14.8 Å². The Morgan fingerprint density at radius 1 is 0.708 bits per heavy atom. The highest BCUT2D eigenvalue weighted by molar-refractivity contribution is 5.85. The number of esters is 1. The van der Waals surface area contributed by atoms with Gasteiger partial charge >= 0.3 is 24.7 Å². The van der Waals surface area contributed by atoms with Crippen LogP contribution in [0.3, 0.4) is 0 Å². The van der Waals surface area contributed by atoms with Gasteiger partial charge in [-0.15, -0.1) is 26.3 Å². The SMILES string of the molecule is O=C(OCc1ccccc1)C1CCCN1C(=O)NC(Cc1ccccc1)(c1cccc(OC(F)(F)F)c1)c1cccc(OC(F)(F)F)c1. The summed E-state index contributed by atoms with van der Waals surface area (Å²) in [6.07, 6.45) is -9.48. The first-order valence-corrected chi connectivity index (χ1v) is 14.9. The molecule has 1 saturated heterocycles. The van der Waals surface area contributed by atoms with Crippen LogP contribution in [0.2, 0.25) is 0 Å². The molecule has 1 fully saturated rings. The fourth-order valence-corrected chi connectivity index (χ4v) is 5.71. The molecule has 0 aliphatic carbocycles. The molecular formula is C35H30F6N2O5. The molecule has 0 saturated carbocycles. The number of nitrogens with zero attached hydrogens (tertiary/aromatic N) is 1. The van der Waals surface area contributed by atoms with E-state index < -0.39 is 47.8 Å². The van der Waals surface area contributed by atoms with Crippen LogP contribution in [0.15, 0.2) is 109 Å². The topological polar surface area (TPSA) is 77.1 Å². The van der Waals surface area contributed by atoms with Crippen molar-refractivity contribution in [3.63, 3.8) is 0 Å². The van der Waals surface area contributed by atoms with E-state index in [1.54, 1.807) is 54.6 Å². The maximum atomic E-state index is 14.2. The monoisotopic (exact) mass is 672 g/mol. The highest BCUT2D eigenvalue weighted by Crippen LogP contribution is 2.39. The normalized spacial score (nSPS) is 15.1. The summed E-state index contributed by atoms with van der Waals surface area (Å²) in [4.78, 5) is 28.7. The van der Waals surface area contributed by atoms with Crippen LogP contribution in [-0.2, 0) is 28.1 Å². The lowest BCUT2D eigenvalue weighted by Crippen LogP contribution is -2.55. The van der Waals surface area contributed by atoms with E-state index in [1.165, 1.54) is 29.2 Å². The first kappa shape index (κ1) is 34.1. The third-order valence-corrected chi connectivity index (χ3v) is 7.76. The van der Waals surface area contributed by atoms with Gasteiger partial charge in [0.2, 0.25) is 0 Å². The minimum Gasteiger partial charge on any atom is -0.459 e. The second kappa shape index (κ2) is 14.3. The molecule has 13 heteroatoms. The Bertz CT molecular complexity index is 1640. The molecule has 1 aliphatic rings. The number of carbonyl (C=O) groups excluding carboxylic acids is 2. The fraction of sp³-hybridized carbons (Fsp3) is 0.257. The van der Waals surface area contributed by atoms with E-state index in [0.717, 1.165) is 29.8 Å². The van der Waals surface area contributed by atoms with Crippen LogP contribution in [0.5, 0.6) is 11.5 Å². The van der Waals surface area contributed by atoms with Gasteiger partial charge in [0.1, 0.15) is 24.1 Å². The maximum absolute atomic E-state index is 14.2. The molecule has 1 aliphatic heterocycles. The Balaban J connectivity index is 1.57. The fourth-order valence-electron chi connectivity index (χ4n) is 5.71. The van der Waals surface area contributed by atoms with Crippen molar-refractivity contribution in [2.24, 2.45) is 0 Å². The van der Waals surface area contributed by atoms with E-state index in [9.17, 15) is 35.9 Å². The van der Waals surface area contributed by atoms with Crippen molar-refractivity contribution in [1.82, 2.24) is 10.2 Å². The van der Waals surface area contributed by atoms with E-state index in [4.69, 9.17) is 4.74 Å². The lowest BCUT2D eigenvalue weighted by molar-refractivity contribution is -0.275. The van der Waals surface area contributed by atoms with E-state index in [2.05, 4.69) is 14.8 Å². The molecule has 4 aromatic rings. The molecule has 0 bridgehead atoms. The predicted molar refractivity (Wildman–Crippen MR) is 162 cm³/mol. The molecule has 48 heavy (non-hydrogen) atoms. The zero-order chi connectivity index (χ0) is 34.4. The van der Waals surface area contributed by atoms with Gasteiger partial charge in [0.05, 0.1) is 5.54 Å². The van der Waals surface area contributed by atoms with Crippen LogP contribution in [0.1, 0.15) is 35.1 Å². The molecule has 4 aromatic carbocycles. The van der Waals surface area contributed by atoms with E-state index >= 15 is 0 Å². The predicted octanol–water partition coefficient (Wildman–Crippen LogP) is 7.89. The number of likely N-dealkylation sites (tertiary alicyclic amines) is 1. The zero-order valence-corrected chi connectivity index (χ0v) is 25.3. The van der Waals surface area contributed by atoms with Crippen molar-refractivity contribution in [1.29, 1.82) is 0 Å². The number of rotatable bonds is 10. The summed E-state index contributed by atoms with van der Waals surface area (Å²) in [6.45, 7) is 0.119. The lowest BCUT2D eigenvalue weighted by atomic mass is 9.77. The van der Waals surface area contributed by atoms with Gasteiger partial charge in [-0.05, 0) is 59.4 Å². The van der Waals surface area contributed by atoms with E-state index in [0.29, 0.717) is 12.0 Å². The standard InChI is InChI=1S/C35H30F6N2O5/c36-34(37,38)47-28-16-7-14-26(20-28)33(22-24-10-3-1-4-11-24,27-15-8-17-29(21-27)48-35(39,40)41)42-32(45)43-19-9-18-30(43)31(44)46-23-25-12-5-2-6-13-25/h1-8,10-17,20-21,30H,9,18-19,22-23H2,(H,42,45). The summed E-state index contributed by atoms with van der Waals surface area (Å²) in [6, 6.07) is 25.4. The van der Waals surface area contributed by atoms with E-state index in [1.807, 2.05) is 6.07 Å². The van der Waals surface area contributed by atoms with Crippen molar-refractivity contribution in [3.05, 3.63) is 131 Å². The molecular weight excluding hydrogens is 642 g/mol. The number of amides is 2. The highest BCUT2D eigenvalue weighted by Gasteiger charge is 2.43. The minimum absolute atomic E-state index is 0.0262. The Kier molecular flexibility index (Phi) is 10.2. The molecule has 252 valence electrons. The summed E-state index contributed by atoms with van der Waals surface area (Å²) in [5.41, 5.74) is -0.345. The number of halogens is 6. The van der Waals surface area contributed by atoms with Gasteiger partial charge in [-0.2, -0.15) is 0 Å². The summed E-state index contributed by atoms with van der Waals surface area (Å²) in [5.74, 6) is -1.88. The van der Waals surface area contributed by atoms with Crippen LogP contribution >= 0.6 is 0 Å². The molecule has 1 unspecified atom stereocenters. The lowest BCUT2D eigenvalue weighted by Gasteiger charge is -2.39. The number of carbonyl (C=O) groups is 2. The summed E-state index contributed by atoms with van der Waals surface area (Å²) < 4.78 is 93.6. The molecule has 2 amide bonds. The first-order valence-electron chi connectivity index (χ1n) is 14.9. The van der Waals surface area contributed by atoms with Crippen molar-refractivity contribution in [3.8, 4) is 11.5 Å². The number of hydrogen-bond donors (Lipinski definition) is 1. The third kappa shape index (κ3) is 8.78. The van der Waals surface area contributed by atoms with Gasteiger partial charge in [0.15, 0.2) is 0 Å². The largest absolute Gasteiger partial charge is 0.573 e. The molecule has 0 radical (unpaired) electrons. The number of benzene rings is 4. The van der Waals surface area contributed by atoms with Gasteiger partial charge in [-0.3, -0.25) is 0 Å². The van der Waals surface area contributed by atoms with Crippen LogP contribution in [0.4, 0.5) is 31.1 Å². The van der Waals surface area contributed by atoms with Gasteiger partial charge in [0, 0.05) is 13.0 Å². The van der Waals surface area contributed by atoms with Crippen LogP contribution in [0.25, 0.3) is 0 Å². The van der Waals surface area contributed by atoms with E-state index in [-0.39, 0.29) is 37.1 Å². The Morgan fingerprint density at radius 2 is 1.23 bits per heavy atom. The summed E-state index contributed by atoms with van der Waals surface area (Å²) in [7, 11) is 0. The number of nitrogens with one attached hydrogen (secondary N) is 1. The van der Waals surface area contributed by atoms with Crippen molar-refractivity contribution >= 4 is 12.0 Å². The molecule has 1 heterocycles. The Morgan fingerprint density at radius 3 is 1.75 bits per heavy atom. The first-order chi connectivity index (χ1) is 22.8. The molecule has 1 N–H and O–H groups in total. The van der Waals surface area contributed by atoms with Gasteiger partial charge in [-0.1, -0.05) is 84.9 Å². The minimum atomic E-state index is -5.05. The number of alkyl halides is 6. The zero-order valence-electron chi connectivity index (χ0n) is 25.3. The van der Waals surface area contributed by atoms with Gasteiger partial charge < -0.3 is 24.4 Å². The van der Waals surface area contributed by atoms with Gasteiger partial charge in [-0.25, -0.2) is 9.59 Å². The van der Waals surface area contributed by atoms with Crippen molar-refractivity contribution < 1.29 is 50.1 Å². The second-order valence-electron chi connectivity index (χ2n) is 11.1. The number of hydrogen-bond acceptors (Lipinski definition) is 5. The summed E-state index contributed by atoms with van der Waals surface area (Å²) >= 11 is 0. The third-order valence-electron chi connectivity index (χ3n) is 7.76. The van der Waals surface area contributed by atoms with Crippen LogP contribution in [0, 0.1) is 0 Å². The smallest absolute Gasteiger partial charge is 0.459 e. The summed E-state index contributed by atoms with van der Waals surface area (Å²) in [5, 5.41) is 2.90. The number of ether oxygens (including phenoxy) is 3. The maximum Gasteiger partial charge on any atom is 0.573 e. The van der Waals surface area contributed by atoms with Crippen molar-refractivity contribution in [2.45, 2.75) is 50.2 Å². The quantitative estimate of drug-likeness (QED) is 0.137. The average molecular weight is 673 g/mol. The Hall–Kier alpha value is -5.20.